The van der Waals surface area contributed by atoms with Gasteiger partial charge < -0.3 is 0 Å². The van der Waals surface area contributed by atoms with Gasteiger partial charge in [0.2, 0.25) is 0 Å². The first kappa shape index (κ1) is 15.2. The maximum Gasteiger partial charge on any atom is 0.0974 e. The zero-order valence-corrected chi connectivity index (χ0v) is 14.8. The van der Waals surface area contributed by atoms with E-state index >= 15 is 0 Å². The molecular weight excluding hydrogens is 316 g/mol. The van der Waals surface area contributed by atoms with Crippen molar-refractivity contribution in [2.45, 2.75) is 19.3 Å². The topological polar surface area (TPSA) is 47.6 Å². The summed E-state index contributed by atoms with van der Waals surface area (Å²) in [6.07, 6.45) is 4.26. The van der Waals surface area contributed by atoms with Crippen LogP contribution >= 0.6 is 0 Å². The summed E-state index contributed by atoms with van der Waals surface area (Å²) in [7, 11) is 0. The number of benzene rings is 2. The van der Waals surface area contributed by atoms with Gasteiger partial charge in [0.1, 0.15) is 0 Å². The van der Waals surface area contributed by atoms with E-state index in [1.807, 2.05) is 36.4 Å². The van der Waals surface area contributed by atoms with Crippen molar-refractivity contribution in [2.24, 2.45) is 16.2 Å². The molecule has 0 bridgehead atoms. The molecule has 2 aromatic rings. The third-order valence-corrected chi connectivity index (χ3v) is 7.55. The number of fused-ring (bicyclic) bond motifs is 1. The first-order chi connectivity index (χ1) is 12.5. The normalized spacial score (nSPS) is 38.6. The van der Waals surface area contributed by atoms with Crippen molar-refractivity contribution in [3.63, 3.8) is 0 Å². The fourth-order valence-corrected chi connectivity index (χ4v) is 6.15. The van der Waals surface area contributed by atoms with Crippen molar-refractivity contribution in [3.05, 3.63) is 89.5 Å². The molecule has 1 fully saturated rings. The Balaban J connectivity index is 1.85. The molecule has 26 heavy (non-hydrogen) atoms. The number of hydrogen-bond donors (Lipinski definition) is 0. The summed E-state index contributed by atoms with van der Waals surface area (Å²) in [5.41, 5.74) is 2.28. The maximum atomic E-state index is 10.3. The highest BCUT2D eigenvalue weighted by Crippen LogP contribution is 2.94. The van der Waals surface area contributed by atoms with E-state index in [9.17, 15) is 10.5 Å². The van der Waals surface area contributed by atoms with Crippen LogP contribution < -0.4 is 0 Å². The molecule has 0 heterocycles. The lowest BCUT2D eigenvalue weighted by Crippen LogP contribution is -2.29. The van der Waals surface area contributed by atoms with Crippen LogP contribution in [0.5, 0.6) is 0 Å². The molecular formula is C24H18N2. The van der Waals surface area contributed by atoms with Crippen LogP contribution in [0, 0.1) is 38.9 Å². The zero-order chi connectivity index (χ0) is 18.2. The fraction of sp³-hybridized carbons (Fsp3) is 0.250. The smallest absolute Gasteiger partial charge is 0.0974 e. The molecule has 3 aliphatic rings. The average molecular weight is 334 g/mol. The highest BCUT2D eigenvalue weighted by molar-refractivity contribution is 5.90. The molecule has 5 rings (SSSR count). The van der Waals surface area contributed by atoms with E-state index < -0.39 is 16.2 Å². The monoisotopic (exact) mass is 334 g/mol. The molecule has 1 saturated carbocycles. The lowest BCUT2D eigenvalue weighted by Gasteiger charge is -2.34. The van der Waals surface area contributed by atoms with Crippen LogP contribution in [-0.2, 0) is 5.41 Å². The molecule has 0 radical (unpaired) electrons. The van der Waals surface area contributed by atoms with Crippen LogP contribution in [0.15, 0.2) is 78.4 Å². The number of nitrogens with zero attached hydrogens (tertiary/aromatic N) is 2. The number of nitriles is 2. The van der Waals surface area contributed by atoms with Crippen molar-refractivity contribution < 1.29 is 0 Å². The molecule has 0 aliphatic heterocycles. The van der Waals surface area contributed by atoms with Crippen molar-refractivity contribution in [2.75, 3.05) is 0 Å². The van der Waals surface area contributed by atoms with Gasteiger partial charge in [-0.25, -0.2) is 0 Å². The second-order valence-corrected chi connectivity index (χ2v) is 7.94. The van der Waals surface area contributed by atoms with Crippen LogP contribution in [0.2, 0.25) is 0 Å². The highest BCUT2D eigenvalue weighted by atomic mass is 14.9. The Hall–Kier alpha value is -3.10. The van der Waals surface area contributed by atoms with Crippen molar-refractivity contribution in [1.29, 1.82) is 10.5 Å². The summed E-state index contributed by atoms with van der Waals surface area (Å²) in [6.45, 7) is 4.34. The Bertz CT molecular complexity index is 1080. The minimum absolute atomic E-state index is 0.348. The van der Waals surface area contributed by atoms with Gasteiger partial charge in [0.05, 0.1) is 17.6 Å². The van der Waals surface area contributed by atoms with Crippen LogP contribution in [0.3, 0.4) is 0 Å². The second kappa shape index (κ2) is 4.35. The second-order valence-electron chi connectivity index (χ2n) is 7.94. The highest BCUT2D eigenvalue weighted by Gasteiger charge is 2.95. The van der Waals surface area contributed by atoms with E-state index in [1.54, 1.807) is 0 Å². The van der Waals surface area contributed by atoms with Crippen molar-refractivity contribution >= 4 is 5.57 Å². The maximum absolute atomic E-state index is 10.3. The first-order valence-electron chi connectivity index (χ1n) is 8.92. The quantitative estimate of drug-likeness (QED) is 0.774. The Morgan fingerprint density at radius 3 is 2.00 bits per heavy atom. The van der Waals surface area contributed by atoms with Crippen molar-refractivity contribution in [1.82, 2.24) is 0 Å². The zero-order valence-electron chi connectivity index (χ0n) is 14.8. The van der Waals surface area contributed by atoms with Crippen LogP contribution in [0.25, 0.3) is 5.57 Å². The molecule has 0 N–H and O–H groups in total. The van der Waals surface area contributed by atoms with Gasteiger partial charge in [0.25, 0.3) is 0 Å². The summed E-state index contributed by atoms with van der Waals surface area (Å²) in [5, 5.41) is 20.3. The van der Waals surface area contributed by atoms with Gasteiger partial charge in [-0.1, -0.05) is 86.7 Å². The Morgan fingerprint density at radius 2 is 1.42 bits per heavy atom. The summed E-state index contributed by atoms with van der Waals surface area (Å²) in [5.74, 6) is 0. The fourth-order valence-electron chi connectivity index (χ4n) is 6.15. The standard InChI is InChI=1S/C24H18N2/c1-21-19(15-25)13-24(18-11-7-4-8-12-18)22(21,2)23(24,16-26)14-20(21)17-9-5-3-6-10-17/h3-14H,1-2H3. The lowest BCUT2D eigenvalue weighted by atomic mass is 9.66. The van der Waals surface area contributed by atoms with Gasteiger partial charge in [0, 0.05) is 21.8 Å². The van der Waals surface area contributed by atoms with Gasteiger partial charge >= 0.3 is 0 Å². The average Bonchev–Trinajstić information content (AvgIpc) is 3.01. The van der Waals surface area contributed by atoms with E-state index in [0.29, 0.717) is 0 Å². The Labute approximate surface area is 153 Å². The Morgan fingerprint density at radius 1 is 0.808 bits per heavy atom. The summed E-state index contributed by atoms with van der Waals surface area (Å²) in [4.78, 5) is 0. The molecule has 4 unspecified atom stereocenters. The van der Waals surface area contributed by atoms with Gasteiger partial charge in [0.15, 0.2) is 0 Å². The molecule has 2 aromatic carbocycles. The molecule has 0 amide bonds. The van der Waals surface area contributed by atoms with E-state index in [1.165, 1.54) is 0 Å². The summed E-state index contributed by atoms with van der Waals surface area (Å²) in [6, 6.07) is 25.5. The molecule has 0 aromatic heterocycles. The van der Waals surface area contributed by atoms with Crippen molar-refractivity contribution in [3.8, 4) is 12.1 Å². The Kier molecular flexibility index (Phi) is 2.54. The minimum atomic E-state index is -0.609. The van der Waals surface area contributed by atoms with Gasteiger partial charge in [-0.15, -0.1) is 0 Å². The van der Waals surface area contributed by atoms with Crippen LogP contribution in [-0.4, -0.2) is 0 Å². The number of allylic oxidation sites excluding steroid dienone is 4. The molecule has 3 aliphatic carbocycles. The lowest BCUT2D eigenvalue weighted by molar-refractivity contribution is 0.310. The predicted molar refractivity (Wildman–Crippen MR) is 100 cm³/mol. The minimum Gasteiger partial charge on any atom is -0.197 e. The van der Waals surface area contributed by atoms with E-state index in [0.717, 1.165) is 22.3 Å². The molecule has 0 saturated heterocycles. The van der Waals surface area contributed by atoms with E-state index in [2.05, 4.69) is 62.4 Å². The van der Waals surface area contributed by atoms with Gasteiger partial charge in [-0.3, -0.25) is 0 Å². The van der Waals surface area contributed by atoms with Gasteiger partial charge in [-0.05, 0) is 16.7 Å². The molecule has 0 spiro atoms. The van der Waals surface area contributed by atoms with E-state index in [-0.39, 0.29) is 5.41 Å². The third kappa shape index (κ3) is 1.18. The largest absolute Gasteiger partial charge is 0.197 e. The predicted octanol–water partition coefficient (Wildman–Crippen LogP) is 5.02. The van der Waals surface area contributed by atoms with Gasteiger partial charge in [-0.2, -0.15) is 10.5 Å². The van der Waals surface area contributed by atoms with Crippen LogP contribution in [0.4, 0.5) is 0 Å². The SMILES string of the molecule is CC12C(C#N)=CC3(c4ccccc4)C(C#N)(C=C1c1ccccc1)C23C. The third-order valence-electron chi connectivity index (χ3n) is 7.55. The molecule has 2 heteroatoms. The first-order valence-corrected chi connectivity index (χ1v) is 8.92. The summed E-state index contributed by atoms with van der Waals surface area (Å²) < 4.78 is 0. The molecule has 2 nitrogen and oxygen atoms in total. The molecule has 4 atom stereocenters. The summed E-state index contributed by atoms with van der Waals surface area (Å²) >= 11 is 0. The molecule has 124 valence electrons. The number of hydrogen-bond acceptors (Lipinski definition) is 2. The van der Waals surface area contributed by atoms with E-state index in [4.69, 9.17) is 0 Å². The van der Waals surface area contributed by atoms with Crippen LogP contribution in [0.1, 0.15) is 25.0 Å². The number of rotatable bonds is 2.